The molecule has 20 heavy (non-hydrogen) atoms. The summed E-state index contributed by atoms with van der Waals surface area (Å²) in [5, 5.41) is 7.50. The van der Waals surface area contributed by atoms with Gasteiger partial charge in [0.05, 0.1) is 19.3 Å². The quantitative estimate of drug-likeness (QED) is 0.908. The number of aryl methyl sites for hydroxylation is 1. The van der Waals surface area contributed by atoms with Crippen LogP contribution in [0.1, 0.15) is 24.2 Å². The maximum absolute atomic E-state index is 13.5. The zero-order valence-electron chi connectivity index (χ0n) is 11.7. The van der Waals surface area contributed by atoms with Crippen molar-refractivity contribution in [3.8, 4) is 5.75 Å². The number of rotatable bonds is 5. The Hall–Kier alpha value is -1.40. The van der Waals surface area contributed by atoms with Crippen molar-refractivity contribution in [2.45, 2.75) is 19.5 Å². The fraction of sp³-hybridized carbons (Fsp3) is 0.357. The van der Waals surface area contributed by atoms with Crippen LogP contribution in [0.4, 0.5) is 4.39 Å². The molecule has 4 nitrogen and oxygen atoms in total. The van der Waals surface area contributed by atoms with Gasteiger partial charge in [0, 0.05) is 11.0 Å². The fourth-order valence-electron chi connectivity index (χ4n) is 2.25. The molecule has 1 aromatic heterocycles. The van der Waals surface area contributed by atoms with Crippen LogP contribution in [0, 0.1) is 5.82 Å². The Balaban J connectivity index is 2.57. The van der Waals surface area contributed by atoms with Crippen LogP contribution in [0.5, 0.6) is 5.75 Å². The number of hydrogen-bond donors (Lipinski definition) is 1. The van der Waals surface area contributed by atoms with E-state index in [1.54, 1.807) is 19.4 Å². The standard InChI is InChI=1S/C14H17BrFN3O/c1-4-19-14(12(20-3)8-18-19)13(17-2)10-7-9(16)5-6-11(10)15/h5-8,13,17H,4H2,1-3H3. The highest BCUT2D eigenvalue weighted by Gasteiger charge is 2.24. The van der Waals surface area contributed by atoms with Gasteiger partial charge < -0.3 is 10.1 Å². The third-order valence-corrected chi connectivity index (χ3v) is 3.92. The van der Waals surface area contributed by atoms with Gasteiger partial charge in [0.25, 0.3) is 0 Å². The number of methoxy groups -OCH3 is 1. The third-order valence-electron chi connectivity index (χ3n) is 3.20. The lowest BCUT2D eigenvalue weighted by Crippen LogP contribution is -2.22. The van der Waals surface area contributed by atoms with Gasteiger partial charge in [0.1, 0.15) is 11.5 Å². The average molecular weight is 342 g/mol. The van der Waals surface area contributed by atoms with Crippen molar-refractivity contribution < 1.29 is 9.13 Å². The molecule has 6 heteroatoms. The molecular weight excluding hydrogens is 325 g/mol. The Morgan fingerprint density at radius 1 is 1.50 bits per heavy atom. The molecular formula is C14H17BrFN3O. The van der Waals surface area contributed by atoms with Crippen LogP contribution in [-0.4, -0.2) is 23.9 Å². The minimum absolute atomic E-state index is 0.211. The van der Waals surface area contributed by atoms with Crippen LogP contribution in [0.3, 0.4) is 0 Å². The molecule has 1 aromatic carbocycles. The summed E-state index contributed by atoms with van der Waals surface area (Å²) in [4.78, 5) is 0. The summed E-state index contributed by atoms with van der Waals surface area (Å²) in [5.74, 6) is 0.410. The predicted molar refractivity (Wildman–Crippen MR) is 79.5 cm³/mol. The first-order chi connectivity index (χ1) is 9.62. The van der Waals surface area contributed by atoms with E-state index in [9.17, 15) is 4.39 Å². The van der Waals surface area contributed by atoms with E-state index in [1.807, 2.05) is 18.7 Å². The molecule has 1 N–H and O–H groups in total. The number of hydrogen-bond acceptors (Lipinski definition) is 3. The Labute approximate surface area is 126 Å². The lowest BCUT2D eigenvalue weighted by Gasteiger charge is -2.20. The van der Waals surface area contributed by atoms with Crippen molar-refractivity contribution >= 4 is 15.9 Å². The number of nitrogens with one attached hydrogen (secondary N) is 1. The summed E-state index contributed by atoms with van der Waals surface area (Å²) in [7, 11) is 3.43. The molecule has 0 amide bonds. The molecule has 1 atom stereocenters. The van der Waals surface area contributed by atoms with Gasteiger partial charge in [0.2, 0.25) is 0 Å². The van der Waals surface area contributed by atoms with Gasteiger partial charge in [0.15, 0.2) is 5.75 Å². The van der Waals surface area contributed by atoms with Gasteiger partial charge in [-0.25, -0.2) is 4.39 Å². The Morgan fingerprint density at radius 2 is 2.25 bits per heavy atom. The smallest absolute Gasteiger partial charge is 0.161 e. The van der Waals surface area contributed by atoms with Gasteiger partial charge in [-0.05, 0) is 37.7 Å². The molecule has 0 aliphatic carbocycles. The zero-order valence-corrected chi connectivity index (χ0v) is 13.2. The number of halogens is 2. The van der Waals surface area contributed by atoms with Crippen molar-refractivity contribution in [2.24, 2.45) is 0 Å². The molecule has 0 spiro atoms. The van der Waals surface area contributed by atoms with Crippen LogP contribution in [0.25, 0.3) is 0 Å². The molecule has 1 heterocycles. The molecule has 0 aliphatic heterocycles. The van der Waals surface area contributed by atoms with E-state index in [0.717, 1.165) is 15.7 Å². The summed E-state index contributed by atoms with van der Waals surface area (Å²) in [5.41, 5.74) is 1.69. The number of aromatic nitrogens is 2. The van der Waals surface area contributed by atoms with E-state index in [-0.39, 0.29) is 11.9 Å². The summed E-state index contributed by atoms with van der Waals surface area (Å²) >= 11 is 3.47. The average Bonchev–Trinajstić information content (AvgIpc) is 2.86. The van der Waals surface area contributed by atoms with E-state index < -0.39 is 0 Å². The highest BCUT2D eigenvalue weighted by atomic mass is 79.9. The number of ether oxygens (including phenoxy) is 1. The normalized spacial score (nSPS) is 12.4. The van der Waals surface area contributed by atoms with Crippen LogP contribution in [0.15, 0.2) is 28.9 Å². The van der Waals surface area contributed by atoms with Crippen molar-refractivity contribution in [1.29, 1.82) is 0 Å². The maximum Gasteiger partial charge on any atom is 0.161 e. The van der Waals surface area contributed by atoms with E-state index >= 15 is 0 Å². The Morgan fingerprint density at radius 3 is 2.85 bits per heavy atom. The van der Waals surface area contributed by atoms with Gasteiger partial charge >= 0.3 is 0 Å². The van der Waals surface area contributed by atoms with Crippen molar-refractivity contribution in [3.63, 3.8) is 0 Å². The number of benzene rings is 1. The molecule has 0 aliphatic rings. The molecule has 1 unspecified atom stereocenters. The molecule has 0 bridgehead atoms. The highest BCUT2D eigenvalue weighted by molar-refractivity contribution is 9.10. The van der Waals surface area contributed by atoms with Gasteiger partial charge in [-0.3, -0.25) is 4.68 Å². The Kier molecular flexibility index (Phi) is 4.77. The summed E-state index contributed by atoms with van der Waals surface area (Å²) < 4.78 is 21.6. The topological polar surface area (TPSA) is 39.1 Å². The third kappa shape index (κ3) is 2.71. The number of nitrogens with zero attached hydrogens (tertiary/aromatic N) is 2. The fourth-order valence-corrected chi connectivity index (χ4v) is 2.73. The summed E-state index contributed by atoms with van der Waals surface area (Å²) in [6, 6.07) is 4.43. The largest absolute Gasteiger partial charge is 0.493 e. The highest BCUT2D eigenvalue weighted by Crippen LogP contribution is 2.33. The molecule has 2 rings (SSSR count). The minimum atomic E-state index is -0.273. The van der Waals surface area contributed by atoms with E-state index in [2.05, 4.69) is 26.3 Å². The van der Waals surface area contributed by atoms with Gasteiger partial charge in [-0.1, -0.05) is 15.9 Å². The molecule has 0 radical (unpaired) electrons. The second-order valence-corrected chi connectivity index (χ2v) is 5.16. The lowest BCUT2D eigenvalue weighted by atomic mass is 10.0. The van der Waals surface area contributed by atoms with Gasteiger partial charge in [-0.2, -0.15) is 5.10 Å². The summed E-state index contributed by atoms with van der Waals surface area (Å²) in [6.45, 7) is 2.72. The van der Waals surface area contributed by atoms with Crippen LogP contribution >= 0.6 is 15.9 Å². The minimum Gasteiger partial charge on any atom is -0.493 e. The molecule has 0 saturated carbocycles. The molecule has 0 saturated heterocycles. The maximum atomic E-state index is 13.5. The van der Waals surface area contributed by atoms with Crippen molar-refractivity contribution in [1.82, 2.24) is 15.1 Å². The van der Waals surface area contributed by atoms with Crippen LogP contribution < -0.4 is 10.1 Å². The van der Waals surface area contributed by atoms with E-state index in [4.69, 9.17) is 4.74 Å². The first-order valence-corrected chi connectivity index (χ1v) is 7.13. The molecule has 2 aromatic rings. The second-order valence-electron chi connectivity index (χ2n) is 4.30. The van der Waals surface area contributed by atoms with Crippen LogP contribution in [-0.2, 0) is 6.54 Å². The Bertz CT molecular complexity index is 579. The second kappa shape index (κ2) is 6.37. The van der Waals surface area contributed by atoms with Crippen LogP contribution in [0.2, 0.25) is 0 Å². The SMILES string of the molecule is CCn1ncc(OC)c1C(NC)c1cc(F)ccc1Br. The molecule has 0 fully saturated rings. The van der Waals surface area contributed by atoms with E-state index in [0.29, 0.717) is 12.3 Å². The molecule has 108 valence electrons. The lowest BCUT2D eigenvalue weighted by molar-refractivity contribution is 0.401. The van der Waals surface area contributed by atoms with Crippen molar-refractivity contribution in [3.05, 3.63) is 45.9 Å². The predicted octanol–water partition coefficient (Wildman–Crippen LogP) is 3.12. The monoisotopic (exact) mass is 341 g/mol. The van der Waals surface area contributed by atoms with Gasteiger partial charge in [-0.15, -0.1) is 0 Å². The van der Waals surface area contributed by atoms with E-state index in [1.165, 1.54) is 12.1 Å². The zero-order chi connectivity index (χ0) is 14.7. The summed E-state index contributed by atoms with van der Waals surface area (Å²) in [6.07, 6.45) is 1.68. The van der Waals surface area contributed by atoms with Crippen molar-refractivity contribution in [2.75, 3.05) is 14.2 Å². The first-order valence-electron chi connectivity index (χ1n) is 6.34. The first kappa shape index (κ1) is 15.0.